The average molecular weight is 250 g/mol. The molecule has 0 spiro atoms. The van der Waals surface area contributed by atoms with Crippen LogP contribution in [-0.2, 0) is 9.59 Å². The minimum absolute atomic E-state index is 0. The molecule has 5 nitrogen and oxygen atoms in total. The van der Waals surface area contributed by atoms with Gasteiger partial charge in [0.1, 0.15) is 0 Å². The molecule has 1 aliphatic heterocycles. The summed E-state index contributed by atoms with van der Waals surface area (Å²) < 4.78 is 0. The summed E-state index contributed by atoms with van der Waals surface area (Å²) in [6.45, 7) is 5.24. The highest BCUT2D eigenvalue weighted by molar-refractivity contribution is 5.85. The summed E-state index contributed by atoms with van der Waals surface area (Å²) in [4.78, 5) is 24.5. The lowest BCUT2D eigenvalue weighted by molar-refractivity contribution is -0.133. The van der Waals surface area contributed by atoms with E-state index < -0.39 is 0 Å². The van der Waals surface area contributed by atoms with E-state index in [0.717, 1.165) is 32.6 Å². The highest BCUT2D eigenvalue weighted by atomic mass is 35.5. The normalized spacial score (nSPS) is 15.2. The van der Waals surface area contributed by atoms with Crippen LogP contribution in [-0.4, -0.2) is 49.4 Å². The predicted octanol–water partition coefficient (Wildman–Crippen LogP) is -0.244. The first-order chi connectivity index (χ1) is 7.24. The molecule has 0 unspecified atom stereocenters. The van der Waals surface area contributed by atoms with Gasteiger partial charge in [-0.25, -0.2) is 0 Å². The summed E-state index contributed by atoms with van der Waals surface area (Å²) in [6.07, 6.45) is 1.31. The van der Waals surface area contributed by atoms with Gasteiger partial charge in [0, 0.05) is 32.6 Å². The Labute approximate surface area is 102 Å². The maximum Gasteiger partial charge on any atom is 0.242 e. The molecule has 0 bridgehead atoms. The first-order valence-electron chi connectivity index (χ1n) is 5.49. The van der Waals surface area contributed by atoms with Gasteiger partial charge in [-0.05, 0) is 6.42 Å². The van der Waals surface area contributed by atoms with E-state index in [1.807, 2.05) is 6.92 Å². The molecule has 16 heavy (non-hydrogen) atoms. The van der Waals surface area contributed by atoms with Crippen LogP contribution in [0.25, 0.3) is 0 Å². The zero-order valence-electron chi connectivity index (χ0n) is 9.62. The first kappa shape index (κ1) is 15.2. The Morgan fingerprint density at radius 3 is 2.50 bits per heavy atom. The standard InChI is InChI=1S/C10H19N3O2.ClH/c1-2-3-9(14)12-8-10(15)13-6-4-11-5-7-13;/h11H,2-8H2,1H3,(H,12,14);1H. The number of nitrogens with one attached hydrogen (secondary N) is 2. The zero-order chi connectivity index (χ0) is 11.1. The van der Waals surface area contributed by atoms with Crippen LogP contribution in [0.4, 0.5) is 0 Å². The first-order valence-corrected chi connectivity index (χ1v) is 5.49. The van der Waals surface area contributed by atoms with Gasteiger partial charge >= 0.3 is 0 Å². The molecular weight excluding hydrogens is 230 g/mol. The number of amides is 2. The highest BCUT2D eigenvalue weighted by Gasteiger charge is 2.15. The Hall–Kier alpha value is -0.810. The highest BCUT2D eigenvalue weighted by Crippen LogP contribution is 1.93. The molecule has 0 saturated carbocycles. The second-order valence-corrected chi connectivity index (χ2v) is 3.66. The Balaban J connectivity index is 0.00000225. The largest absolute Gasteiger partial charge is 0.347 e. The van der Waals surface area contributed by atoms with Gasteiger partial charge in [0.15, 0.2) is 0 Å². The van der Waals surface area contributed by atoms with Crippen LogP contribution in [0.5, 0.6) is 0 Å². The summed E-state index contributed by atoms with van der Waals surface area (Å²) in [5, 5.41) is 5.80. The molecule has 1 saturated heterocycles. The number of piperazine rings is 1. The van der Waals surface area contributed by atoms with E-state index in [1.54, 1.807) is 4.90 Å². The van der Waals surface area contributed by atoms with Crippen molar-refractivity contribution >= 4 is 24.2 Å². The van der Waals surface area contributed by atoms with Gasteiger partial charge in [0.25, 0.3) is 0 Å². The fourth-order valence-corrected chi connectivity index (χ4v) is 1.52. The molecule has 0 radical (unpaired) electrons. The molecule has 0 atom stereocenters. The summed E-state index contributed by atoms with van der Waals surface area (Å²) in [7, 11) is 0. The van der Waals surface area contributed by atoms with Crippen molar-refractivity contribution in [1.82, 2.24) is 15.5 Å². The summed E-state index contributed by atoms with van der Waals surface area (Å²) in [6, 6.07) is 0. The van der Waals surface area contributed by atoms with Gasteiger partial charge in [-0.3, -0.25) is 9.59 Å². The van der Waals surface area contributed by atoms with Crippen LogP contribution >= 0.6 is 12.4 Å². The van der Waals surface area contributed by atoms with Crippen molar-refractivity contribution in [3.05, 3.63) is 0 Å². The molecule has 0 aromatic rings. The van der Waals surface area contributed by atoms with Crippen LogP contribution in [0.3, 0.4) is 0 Å². The molecule has 6 heteroatoms. The average Bonchev–Trinajstić information content (AvgIpc) is 2.27. The molecule has 2 amide bonds. The van der Waals surface area contributed by atoms with Crippen LogP contribution in [0, 0.1) is 0 Å². The predicted molar refractivity (Wildman–Crippen MR) is 64.6 cm³/mol. The smallest absolute Gasteiger partial charge is 0.242 e. The van der Waals surface area contributed by atoms with Crippen LogP contribution in [0.15, 0.2) is 0 Å². The number of rotatable bonds is 4. The fourth-order valence-electron chi connectivity index (χ4n) is 1.52. The van der Waals surface area contributed by atoms with Gasteiger partial charge in [-0.15, -0.1) is 12.4 Å². The van der Waals surface area contributed by atoms with Gasteiger partial charge in [0.05, 0.1) is 6.54 Å². The van der Waals surface area contributed by atoms with Gasteiger partial charge in [-0.1, -0.05) is 6.92 Å². The van der Waals surface area contributed by atoms with Crippen LogP contribution in [0.2, 0.25) is 0 Å². The molecule has 0 aliphatic carbocycles. The van der Waals surface area contributed by atoms with E-state index in [9.17, 15) is 9.59 Å². The molecule has 2 N–H and O–H groups in total. The van der Waals surface area contributed by atoms with E-state index >= 15 is 0 Å². The number of carbonyl (C=O) groups excluding carboxylic acids is 2. The number of hydrogen-bond donors (Lipinski definition) is 2. The lowest BCUT2D eigenvalue weighted by Crippen LogP contribution is -2.49. The number of carbonyl (C=O) groups is 2. The zero-order valence-corrected chi connectivity index (χ0v) is 10.4. The van der Waals surface area contributed by atoms with Crippen molar-refractivity contribution in [2.75, 3.05) is 32.7 Å². The van der Waals surface area contributed by atoms with Gasteiger partial charge < -0.3 is 15.5 Å². The lowest BCUT2D eigenvalue weighted by Gasteiger charge is -2.27. The van der Waals surface area contributed by atoms with E-state index in [1.165, 1.54) is 0 Å². The molecule has 0 aromatic carbocycles. The maximum atomic E-state index is 11.6. The third-order valence-corrected chi connectivity index (χ3v) is 2.38. The topological polar surface area (TPSA) is 61.4 Å². The Bertz CT molecular complexity index is 230. The molecule has 1 aliphatic rings. The minimum atomic E-state index is -0.0408. The number of nitrogens with zero attached hydrogens (tertiary/aromatic N) is 1. The summed E-state index contributed by atoms with van der Waals surface area (Å²) in [5.74, 6) is -0.0260. The van der Waals surface area contributed by atoms with E-state index in [4.69, 9.17) is 0 Å². The fraction of sp³-hybridized carbons (Fsp3) is 0.800. The summed E-state index contributed by atoms with van der Waals surface area (Å²) in [5.41, 5.74) is 0. The third kappa shape index (κ3) is 5.32. The van der Waals surface area contributed by atoms with E-state index in [-0.39, 0.29) is 30.8 Å². The van der Waals surface area contributed by atoms with Crippen LogP contribution in [0.1, 0.15) is 19.8 Å². The second-order valence-electron chi connectivity index (χ2n) is 3.66. The van der Waals surface area contributed by atoms with Gasteiger partial charge in [-0.2, -0.15) is 0 Å². The lowest BCUT2D eigenvalue weighted by atomic mass is 10.3. The molecular formula is C10H20ClN3O2. The Morgan fingerprint density at radius 1 is 1.31 bits per heavy atom. The van der Waals surface area contributed by atoms with E-state index in [2.05, 4.69) is 10.6 Å². The van der Waals surface area contributed by atoms with Crippen molar-refractivity contribution in [2.24, 2.45) is 0 Å². The van der Waals surface area contributed by atoms with Crippen molar-refractivity contribution in [2.45, 2.75) is 19.8 Å². The maximum absolute atomic E-state index is 11.6. The molecule has 0 aromatic heterocycles. The van der Waals surface area contributed by atoms with Crippen molar-refractivity contribution in [3.8, 4) is 0 Å². The molecule has 1 fully saturated rings. The van der Waals surface area contributed by atoms with Crippen LogP contribution < -0.4 is 10.6 Å². The monoisotopic (exact) mass is 249 g/mol. The van der Waals surface area contributed by atoms with Crippen molar-refractivity contribution in [3.63, 3.8) is 0 Å². The SMILES string of the molecule is CCCC(=O)NCC(=O)N1CCNCC1.Cl. The van der Waals surface area contributed by atoms with Crippen molar-refractivity contribution in [1.29, 1.82) is 0 Å². The van der Waals surface area contributed by atoms with Gasteiger partial charge in [0.2, 0.25) is 11.8 Å². The Morgan fingerprint density at radius 2 is 1.94 bits per heavy atom. The third-order valence-electron chi connectivity index (χ3n) is 2.38. The second kappa shape index (κ2) is 8.35. The number of hydrogen-bond acceptors (Lipinski definition) is 3. The minimum Gasteiger partial charge on any atom is -0.347 e. The summed E-state index contributed by atoms with van der Waals surface area (Å²) >= 11 is 0. The molecule has 1 heterocycles. The Kier molecular flexibility index (Phi) is 7.93. The molecule has 94 valence electrons. The van der Waals surface area contributed by atoms with E-state index in [0.29, 0.717) is 6.42 Å². The molecule has 1 rings (SSSR count). The quantitative estimate of drug-likeness (QED) is 0.723. The number of halogens is 1. The van der Waals surface area contributed by atoms with Crippen molar-refractivity contribution < 1.29 is 9.59 Å².